The molecule has 0 aromatic heterocycles. The van der Waals surface area contributed by atoms with Crippen molar-refractivity contribution < 1.29 is 19.1 Å². The molecular weight excluding hydrogens is 263 g/mol. The molecule has 0 aliphatic carbocycles. The van der Waals surface area contributed by atoms with Crippen molar-refractivity contribution in [2.45, 2.75) is 32.2 Å². The lowest BCUT2D eigenvalue weighted by Crippen LogP contribution is -2.43. The van der Waals surface area contributed by atoms with Crippen LogP contribution in [0.5, 0.6) is 0 Å². The second-order valence-corrected chi connectivity index (χ2v) is 4.44. The Balaban J connectivity index is 2.33. The Hall–Kier alpha value is -2.11. The topological polar surface area (TPSA) is 78.4 Å². The zero-order valence-electron chi connectivity index (χ0n) is 11.4. The van der Waals surface area contributed by atoms with Crippen LogP contribution in [0.2, 0.25) is 0 Å². The summed E-state index contributed by atoms with van der Waals surface area (Å²) in [5.74, 6) is -1.25. The molecule has 0 saturated carbocycles. The van der Waals surface area contributed by atoms with Gasteiger partial charge in [0.05, 0.1) is 6.42 Å². The number of aliphatic carboxylic acids is 1. The van der Waals surface area contributed by atoms with E-state index < -0.39 is 18.0 Å². The maximum Gasteiger partial charge on any atom is 0.315 e. The standard InChI is InChI=1S/C14H19FN2O3/c1-2-11(9-13(18)19)17-14(20)16-8-7-10-5-3-4-6-12(10)15/h3-6,11H,2,7-9H2,1H3,(H,18,19)(H2,16,17,20). The van der Waals surface area contributed by atoms with Gasteiger partial charge in [0.25, 0.3) is 0 Å². The number of carbonyl (C=O) groups is 2. The number of benzene rings is 1. The maximum absolute atomic E-state index is 13.3. The van der Waals surface area contributed by atoms with Crippen molar-refractivity contribution >= 4 is 12.0 Å². The lowest BCUT2D eigenvalue weighted by Gasteiger charge is -2.15. The van der Waals surface area contributed by atoms with Crippen LogP contribution in [0.4, 0.5) is 9.18 Å². The van der Waals surface area contributed by atoms with Gasteiger partial charge in [0, 0.05) is 12.6 Å². The molecule has 3 N–H and O–H groups in total. The molecule has 5 nitrogen and oxygen atoms in total. The fraction of sp³-hybridized carbons (Fsp3) is 0.429. The summed E-state index contributed by atoms with van der Waals surface area (Å²) in [5.41, 5.74) is 0.533. The van der Waals surface area contributed by atoms with Crippen LogP contribution in [-0.4, -0.2) is 29.7 Å². The molecule has 1 atom stereocenters. The number of rotatable bonds is 7. The summed E-state index contributed by atoms with van der Waals surface area (Å²) in [6.07, 6.45) is 0.806. The quantitative estimate of drug-likeness (QED) is 0.715. The lowest BCUT2D eigenvalue weighted by molar-refractivity contribution is -0.137. The van der Waals surface area contributed by atoms with Gasteiger partial charge in [-0.15, -0.1) is 0 Å². The predicted octanol–water partition coefficient (Wildman–Crippen LogP) is 1.92. The third-order valence-corrected chi connectivity index (χ3v) is 2.89. The first-order valence-electron chi connectivity index (χ1n) is 6.52. The number of carbonyl (C=O) groups excluding carboxylic acids is 1. The molecule has 0 radical (unpaired) electrons. The Morgan fingerprint density at radius 3 is 2.65 bits per heavy atom. The fourth-order valence-electron chi connectivity index (χ4n) is 1.76. The van der Waals surface area contributed by atoms with Gasteiger partial charge in [0.2, 0.25) is 0 Å². The second kappa shape index (κ2) is 8.14. The van der Waals surface area contributed by atoms with E-state index in [2.05, 4.69) is 10.6 Å². The minimum Gasteiger partial charge on any atom is -0.481 e. The van der Waals surface area contributed by atoms with Crippen molar-refractivity contribution in [3.8, 4) is 0 Å². The van der Waals surface area contributed by atoms with Crippen LogP contribution in [0.1, 0.15) is 25.3 Å². The minimum absolute atomic E-state index is 0.114. The highest BCUT2D eigenvalue weighted by Gasteiger charge is 2.13. The van der Waals surface area contributed by atoms with Gasteiger partial charge in [-0.3, -0.25) is 4.79 Å². The zero-order chi connectivity index (χ0) is 15.0. The van der Waals surface area contributed by atoms with Crippen LogP contribution in [0.15, 0.2) is 24.3 Å². The van der Waals surface area contributed by atoms with Crippen LogP contribution in [0, 0.1) is 5.82 Å². The molecule has 0 aliphatic rings. The van der Waals surface area contributed by atoms with E-state index in [0.717, 1.165) is 0 Å². The number of halogens is 1. The summed E-state index contributed by atoms with van der Waals surface area (Å²) in [5, 5.41) is 13.8. The molecule has 1 aromatic carbocycles. The molecule has 0 aliphatic heterocycles. The number of hydrogen-bond acceptors (Lipinski definition) is 2. The van der Waals surface area contributed by atoms with Crippen molar-refractivity contribution in [3.63, 3.8) is 0 Å². The number of hydrogen-bond donors (Lipinski definition) is 3. The Kier molecular flexibility index (Phi) is 6.49. The SMILES string of the molecule is CCC(CC(=O)O)NC(=O)NCCc1ccccc1F. The lowest BCUT2D eigenvalue weighted by atomic mass is 10.1. The molecular formula is C14H19FN2O3. The van der Waals surface area contributed by atoms with Crippen LogP contribution >= 0.6 is 0 Å². The van der Waals surface area contributed by atoms with E-state index in [0.29, 0.717) is 18.4 Å². The van der Waals surface area contributed by atoms with Crippen LogP contribution in [0.3, 0.4) is 0 Å². The van der Waals surface area contributed by atoms with Gasteiger partial charge in [-0.1, -0.05) is 25.1 Å². The summed E-state index contributed by atoms with van der Waals surface area (Å²) in [6, 6.07) is 5.54. The highest BCUT2D eigenvalue weighted by atomic mass is 19.1. The van der Waals surface area contributed by atoms with E-state index in [1.54, 1.807) is 25.1 Å². The molecule has 6 heteroatoms. The second-order valence-electron chi connectivity index (χ2n) is 4.44. The molecule has 0 spiro atoms. The molecule has 1 rings (SSSR count). The van der Waals surface area contributed by atoms with E-state index in [-0.39, 0.29) is 18.8 Å². The monoisotopic (exact) mass is 282 g/mol. The van der Waals surface area contributed by atoms with Gasteiger partial charge in [0.15, 0.2) is 0 Å². The fourth-order valence-corrected chi connectivity index (χ4v) is 1.76. The van der Waals surface area contributed by atoms with Gasteiger partial charge >= 0.3 is 12.0 Å². The molecule has 1 unspecified atom stereocenters. The number of amides is 2. The average Bonchev–Trinajstić information content (AvgIpc) is 2.39. The van der Waals surface area contributed by atoms with Gasteiger partial charge < -0.3 is 15.7 Å². The zero-order valence-corrected chi connectivity index (χ0v) is 11.4. The highest BCUT2D eigenvalue weighted by molar-refractivity contribution is 5.75. The molecule has 1 aromatic rings. The first-order chi connectivity index (χ1) is 9.52. The van der Waals surface area contributed by atoms with E-state index in [1.165, 1.54) is 6.07 Å². The Morgan fingerprint density at radius 2 is 2.05 bits per heavy atom. The highest BCUT2D eigenvalue weighted by Crippen LogP contribution is 2.06. The van der Waals surface area contributed by atoms with Crippen LogP contribution in [-0.2, 0) is 11.2 Å². The predicted molar refractivity (Wildman–Crippen MR) is 73.0 cm³/mol. The van der Waals surface area contributed by atoms with Crippen molar-refractivity contribution in [2.24, 2.45) is 0 Å². The molecule has 0 fully saturated rings. The summed E-state index contributed by atoms with van der Waals surface area (Å²) in [7, 11) is 0. The minimum atomic E-state index is -0.955. The third-order valence-electron chi connectivity index (χ3n) is 2.89. The smallest absolute Gasteiger partial charge is 0.315 e. The van der Waals surface area contributed by atoms with Gasteiger partial charge in [-0.05, 0) is 24.5 Å². The molecule has 0 saturated heterocycles. The van der Waals surface area contributed by atoms with Gasteiger partial charge in [0.1, 0.15) is 5.82 Å². The summed E-state index contributed by atoms with van der Waals surface area (Å²) < 4.78 is 13.3. The van der Waals surface area contributed by atoms with E-state index in [9.17, 15) is 14.0 Å². The number of urea groups is 1. The van der Waals surface area contributed by atoms with Crippen LogP contribution < -0.4 is 10.6 Å². The van der Waals surface area contributed by atoms with Gasteiger partial charge in [-0.25, -0.2) is 9.18 Å². The third kappa shape index (κ3) is 5.69. The maximum atomic E-state index is 13.3. The number of nitrogens with one attached hydrogen (secondary N) is 2. The first-order valence-corrected chi connectivity index (χ1v) is 6.52. The van der Waals surface area contributed by atoms with Crippen molar-refractivity contribution in [3.05, 3.63) is 35.6 Å². The molecule has 110 valence electrons. The van der Waals surface area contributed by atoms with Crippen molar-refractivity contribution in [2.75, 3.05) is 6.54 Å². The van der Waals surface area contributed by atoms with E-state index >= 15 is 0 Å². The van der Waals surface area contributed by atoms with Crippen molar-refractivity contribution in [1.82, 2.24) is 10.6 Å². The van der Waals surface area contributed by atoms with E-state index in [1.807, 2.05) is 0 Å². The largest absolute Gasteiger partial charge is 0.481 e. The summed E-state index contributed by atoms with van der Waals surface area (Å²) >= 11 is 0. The summed E-state index contributed by atoms with van der Waals surface area (Å²) in [6.45, 7) is 2.09. The summed E-state index contributed by atoms with van der Waals surface area (Å²) in [4.78, 5) is 22.1. The normalized spacial score (nSPS) is 11.7. The van der Waals surface area contributed by atoms with Crippen molar-refractivity contribution in [1.29, 1.82) is 0 Å². The van der Waals surface area contributed by atoms with E-state index in [4.69, 9.17) is 5.11 Å². The molecule has 0 heterocycles. The van der Waals surface area contributed by atoms with Gasteiger partial charge in [-0.2, -0.15) is 0 Å². The molecule has 20 heavy (non-hydrogen) atoms. The first kappa shape index (κ1) is 15.9. The molecule has 0 bridgehead atoms. The Labute approximate surface area is 117 Å². The molecule has 2 amide bonds. The number of carboxylic acid groups (broad SMARTS) is 1. The average molecular weight is 282 g/mol. The number of carboxylic acids is 1. The van der Waals surface area contributed by atoms with Crippen LogP contribution in [0.25, 0.3) is 0 Å². The Bertz CT molecular complexity index is 465. The Morgan fingerprint density at radius 1 is 1.35 bits per heavy atom.